The molecule has 0 unspecified atom stereocenters. The number of halogens is 1. The minimum Gasteiger partial charge on any atom is -0.492 e. The maximum atomic E-state index is 13.1. The standard InChI is InChI=1S/C17H18FNO5S/c1-2-24-16-6-4-3-5-15(16)19(12-11-17(20)21)25(22,23)14-9-7-13(18)8-10-14/h3-10H,2,11-12H2,1H3,(H,20,21). The fourth-order valence-corrected chi connectivity index (χ4v) is 3.72. The van der Waals surface area contributed by atoms with E-state index in [0.29, 0.717) is 12.4 Å². The SMILES string of the molecule is CCOc1ccccc1N(CCC(=O)O)S(=O)(=O)c1ccc(F)cc1. The molecule has 0 aromatic heterocycles. The summed E-state index contributed by atoms with van der Waals surface area (Å²) in [6, 6.07) is 10.8. The van der Waals surface area contributed by atoms with Gasteiger partial charge in [0.1, 0.15) is 11.6 Å². The number of rotatable bonds is 8. The van der Waals surface area contributed by atoms with Crippen molar-refractivity contribution in [1.29, 1.82) is 0 Å². The Morgan fingerprint density at radius 1 is 1.16 bits per heavy atom. The Hall–Kier alpha value is -2.61. The monoisotopic (exact) mass is 367 g/mol. The third-order valence-corrected chi connectivity index (χ3v) is 5.19. The Balaban J connectivity index is 2.52. The molecule has 1 N–H and O–H groups in total. The molecule has 0 saturated carbocycles. The van der Waals surface area contributed by atoms with Crippen LogP contribution in [0.5, 0.6) is 5.75 Å². The molecule has 8 heteroatoms. The lowest BCUT2D eigenvalue weighted by atomic mass is 10.3. The van der Waals surface area contributed by atoms with Crippen LogP contribution in [0.4, 0.5) is 10.1 Å². The normalized spacial score (nSPS) is 11.1. The summed E-state index contributed by atoms with van der Waals surface area (Å²) in [6.45, 7) is 1.80. The number of benzene rings is 2. The molecule has 2 aromatic rings. The largest absolute Gasteiger partial charge is 0.492 e. The zero-order valence-corrected chi connectivity index (χ0v) is 14.4. The molecule has 0 aliphatic rings. The first-order valence-electron chi connectivity index (χ1n) is 7.58. The van der Waals surface area contributed by atoms with Gasteiger partial charge in [-0.2, -0.15) is 0 Å². The quantitative estimate of drug-likeness (QED) is 0.776. The zero-order chi connectivity index (χ0) is 18.4. The molecule has 6 nitrogen and oxygen atoms in total. The Morgan fingerprint density at radius 2 is 1.80 bits per heavy atom. The highest BCUT2D eigenvalue weighted by atomic mass is 32.2. The molecule has 134 valence electrons. The molecule has 0 radical (unpaired) electrons. The van der Waals surface area contributed by atoms with Crippen LogP contribution in [0.1, 0.15) is 13.3 Å². The molecule has 2 rings (SSSR count). The Labute approximate surface area is 145 Å². The molecule has 0 spiro atoms. The molecule has 0 heterocycles. The Kier molecular flexibility index (Phi) is 5.97. The summed E-state index contributed by atoms with van der Waals surface area (Å²) < 4.78 is 45.5. The van der Waals surface area contributed by atoms with E-state index in [1.165, 1.54) is 6.07 Å². The van der Waals surface area contributed by atoms with E-state index >= 15 is 0 Å². The third kappa shape index (κ3) is 4.48. The second kappa shape index (κ2) is 7.98. The summed E-state index contributed by atoms with van der Waals surface area (Å²) in [5.41, 5.74) is 0.231. The van der Waals surface area contributed by atoms with Crippen molar-refractivity contribution in [3.8, 4) is 5.75 Å². The van der Waals surface area contributed by atoms with Crippen molar-refractivity contribution in [2.75, 3.05) is 17.5 Å². The Bertz CT molecular complexity index is 836. The highest BCUT2D eigenvalue weighted by Crippen LogP contribution is 2.32. The van der Waals surface area contributed by atoms with Crippen LogP contribution in [0.3, 0.4) is 0 Å². The summed E-state index contributed by atoms with van der Waals surface area (Å²) in [5, 5.41) is 8.95. The molecular weight excluding hydrogens is 349 g/mol. The summed E-state index contributed by atoms with van der Waals surface area (Å²) >= 11 is 0. The fourth-order valence-electron chi connectivity index (χ4n) is 2.24. The summed E-state index contributed by atoms with van der Waals surface area (Å²) in [7, 11) is -4.08. The Morgan fingerprint density at radius 3 is 2.40 bits per heavy atom. The van der Waals surface area contributed by atoms with E-state index in [9.17, 15) is 17.6 Å². The number of carboxylic acid groups (broad SMARTS) is 1. The average molecular weight is 367 g/mol. The molecule has 2 aromatic carbocycles. The summed E-state index contributed by atoms with van der Waals surface area (Å²) in [5.74, 6) is -1.37. The zero-order valence-electron chi connectivity index (χ0n) is 13.6. The van der Waals surface area contributed by atoms with Crippen LogP contribution in [0.25, 0.3) is 0 Å². The van der Waals surface area contributed by atoms with E-state index in [-0.39, 0.29) is 23.5 Å². The third-order valence-electron chi connectivity index (χ3n) is 3.36. The first-order valence-corrected chi connectivity index (χ1v) is 9.02. The highest BCUT2D eigenvalue weighted by molar-refractivity contribution is 7.92. The van der Waals surface area contributed by atoms with Crippen LogP contribution < -0.4 is 9.04 Å². The van der Waals surface area contributed by atoms with Crippen LogP contribution in [0, 0.1) is 5.82 Å². The van der Waals surface area contributed by atoms with E-state index in [0.717, 1.165) is 28.6 Å². The van der Waals surface area contributed by atoms with E-state index in [1.807, 2.05) is 0 Å². The lowest BCUT2D eigenvalue weighted by Crippen LogP contribution is -2.33. The van der Waals surface area contributed by atoms with Crippen LogP contribution in [-0.4, -0.2) is 32.6 Å². The number of carbonyl (C=O) groups is 1. The van der Waals surface area contributed by atoms with Crippen LogP contribution >= 0.6 is 0 Å². The van der Waals surface area contributed by atoms with Gasteiger partial charge in [-0.3, -0.25) is 9.10 Å². The number of carboxylic acids is 1. The molecule has 0 fully saturated rings. The van der Waals surface area contributed by atoms with E-state index in [4.69, 9.17) is 9.84 Å². The maximum Gasteiger partial charge on any atom is 0.305 e. The predicted molar refractivity (Wildman–Crippen MR) is 90.8 cm³/mol. The first kappa shape index (κ1) is 18.7. The van der Waals surface area contributed by atoms with Gasteiger partial charge >= 0.3 is 5.97 Å². The minimum absolute atomic E-state index is 0.134. The molecule has 25 heavy (non-hydrogen) atoms. The van der Waals surface area contributed by atoms with Gasteiger partial charge in [-0.25, -0.2) is 12.8 Å². The average Bonchev–Trinajstić information content (AvgIpc) is 2.56. The fraction of sp³-hybridized carbons (Fsp3) is 0.235. The van der Waals surface area contributed by atoms with E-state index < -0.39 is 21.8 Å². The topological polar surface area (TPSA) is 83.9 Å². The lowest BCUT2D eigenvalue weighted by Gasteiger charge is -2.25. The van der Waals surface area contributed by atoms with Gasteiger partial charge < -0.3 is 9.84 Å². The van der Waals surface area contributed by atoms with E-state index in [2.05, 4.69) is 0 Å². The molecule has 0 amide bonds. The second-order valence-corrected chi connectivity index (χ2v) is 6.94. The van der Waals surface area contributed by atoms with Gasteiger partial charge in [0.25, 0.3) is 10.0 Å². The number of hydrogen-bond donors (Lipinski definition) is 1. The number of nitrogens with zero attached hydrogens (tertiary/aromatic N) is 1. The summed E-state index contributed by atoms with van der Waals surface area (Å²) in [4.78, 5) is 10.8. The maximum absolute atomic E-state index is 13.1. The van der Waals surface area contributed by atoms with Crippen molar-refractivity contribution < 1.29 is 27.4 Å². The van der Waals surface area contributed by atoms with Crippen molar-refractivity contribution >= 4 is 21.7 Å². The van der Waals surface area contributed by atoms with Gasteiger partial charge in [0, 0.05) is 6.54 Å². The highest BCUT2D eigenvalue weighted by Gasteiger charge is 2.27. The van der Waals surface area contributed by atoms with Crippen molar-refractivity contribution in [1.82, 2.24) is 0 Å². The van der Waals surface area contributed by atoms with Crippen LogP contribution in [0.2, 0.25) is 0 Å². The van der Waals surface area contributed by atoms with Crippen molar-refractivity contribution in [2.24, 2.45) is 0 Å². The van der Waals surface area contributed by atoms with E-state index in [1.54, 1.807) is 25.1 Å². The number of anilines is 1. The van der Waals surface area contributed by atoms with Crippen LogP contribution in [0.15, 0.2) is 53.4 Å². The van der Waals surface area contributed by atoms with Crippen molar-refractivity contribution in [3.63, 3.8) is 0 Å². The molecule has 0 bridgehead atoms. The number of hydrogen-bond acceptors (Lipinski definition) is 4. The lowest BCUT2D eigenvalue weighted by molar-refractivity contribution is -0.136. The number of ether oxygens (including phenoxy) is 1. The van der Waals surface area contributed by atoms with Gasteiger partial charge in [0.15, 0.2) is 0 Å². The number of para-hydroxylation sites is 2. The smallest absolute Gasteiger partial charge is 0.305 e. The predicted octanol–water partition coefficient (Wildman–Crippen LogP) is 2.89. The summed E-state index contributed by atoms with van der Waals surface area (Å²) in [6.07, 6.45) is -0.388. The molecular formula is C17H18FNO5S. The number of aliphatic carboxylic acids is 1. The molecule has 0 saturated heterocycles. The van der Waals surface area contributed by atoms with Gasteiger partial charge in [-0.15, -0.1) is 0 Å². The van der Waals surface area contributed by atoms with Gasteiger partial charge in [-0.05, 0) is 43.3 Å². The van der Waals surface area contributed by atoms with Gasteiger partial charge in [0.05, 0.1) is 23.6 Å². The minimum atomic E-state index is -4.08. The van der Waals surface area contributed by atoms with Crippen molar-refractivity contribution in [3.05, 3.63) is 54.3 Å². The van der Waals surface area contributed by atoms with Crippen molar-refractivity contribution in [2.45, 2.75) is 18.2 Å². The molecule has 0 atom stereocenters. The van der Waals surface area contributed by atoms with Crippen LogP contribution in [-0.2, 0) is 14.8 Å². The molecule has 0 aliphatic heterocycles. The first-order chi connectivity index (χ1) is 11.9. The van der Waals surface area contributed by atoms with Gasteiger partial charge in [0.2, 0.25) is 0 Å². The van der Waals surface area contributed by atoms with Gasteiger partial charge in [-0.1, -0.05) is 12.1 Å². The second-order valence-electron chi connectivity index (χ2n) is 5.08. The number of sulfonamides is 1. The molecule has 0 aliphatic carbocycles.